The van der Waals surface area contributed by atoms with E-state index in [1.165, 1.54) is 13.2 Å². The van der Waals surface area contributed by atoms with E-state index in [2.05, 4.69) is 5.32 Å². The largest absolute Gasteiger partial charge is 0.389 e. The number of hydrogen-bond donors (Lipinski definition) is 2. The van der Waals surface area contributed by atoms with Crippen LogP contribution in [-0.4, -0.2) is 42.9 Å². The summed E-state index contributed by atoms with van der Waals surface area (Å²) in [5.74, 6) is 0. The summed E-state index contributed by atoms with van der Waals surface area (Å²) in [6.07, 6.45) is 2.92. The van der Waals surface area contributed by atoms with Crippen molar-refractivity contribution in [2.75, 3.05) is 26.8 Å². The second-order valence-corrected chi connectivity index (χ2v) is 3.99. The smallest absolute Gasteiger partial charge is 0.276 e. The Balaban J connectivity index is 2.43. The average Bonchev–Trinajstić information content (AvgIpc) is 2.39. The number of hydrogen-bond acceptors (Lipinski definition) is 5. The summed E-state index contributed by atoms with van der Waals surface area (Å²) >= 11 is 0. The van der Waals surface area contributed by atoms with Gasteiger partial charge >= 0.3 is 0 Å². The predicted octanol–water partition coefficient (Wildman–Crippen LogP) is 1.20. The van der Waals surface area contributed by atoms with E-state index in [4.69, 9.17) is 4.74 Å². The van der Waals surface area contributed by atoms with Crippen molar-refractivity contribution in [3.05, 3.63) is 46.0 Å². The fourth-order valence-electron chi connectivity index (χ4n) is 1.57. The Morgan fingerprint density at radius 2 is 2.26 bits per heavy atom. The fourth-order valence-corrected chi connectivity index (χ4v) is 1.57. The first kappa shape index (κ1) is 15.3. The summed E-state index contributed by atoms with van der Waals surface area (Å²) in [5.41, 5.74) is 0.643. The number of ether oxygens (including phenoxy) is 1. The van der Waals surface area contributed by atoms with Crippen molar-refractivity contribution < 1.29 is 14.8 Å². The van der Waals surface area contributed by atoms with Crippen molar-refractivity contribution in [1.82, 2.24) is 5.32 Å². The SMILES string of the molecule is COCC(O)CNC/C=C/c1ccccc1[N+](=O)[O-]. The van der Waals surface area contributed by atoms with Crippen molar-refractivity contribution in [2.24, 2.45) is 0 Å². The van der Waals surface area contributed by atoms with Gasteiger partial charge in [-0.3, -0.25) is 10.1 Å². The molecule has 1 atom stereocenters. The molecule has 0 saturated carbocycles. The highest BCUT2D eigenvalue weighted by Crippen LogP contribution is 2.18. The van der Waals surface area contributed by atoms with Crippen LogP contribution in [0.3, 0.4) is 0 Å². The third-order valence-corrected chi connectivity index (χ3v) is 2.43. The number of nitro groups is 1. The molecule has 0 bridgehead atoms. The van der Waals surface area contributed by atoms with Gasteiger partial charge in [-0.1, -0.05) is 24.3 Å². The topological polar surface area (TPSA) is 84.6 Å². The standard InChI is InChI=1S/C13H18N2O4/c1-19-10-12(16)9-14-8-4-6-11-5-2-3-7-13(11)15(17)18/h2-7,12,14,16H,8-10H2,1H3/b6-4+. The summed E-state index contributed by atoms with van der Waals surface area (Å²) in [5, 5.41) is 23.2. The van der Waals surface area contributed by atoms with E-state index in [1.807, 2.05) is 0 Å². The van der Waals surface area contributed by atoms with E-state index in [-0.39, 0.29) is 12.3 Å². The van der Waals surface area contributed by atoms with Crippen LogP contribution in [-0.2, 0) is 4.74 Å². The molecule has 0 heterocycles. The van der Waals surface area contributed by atoms with Gasteiger partial charge in [0.2, 0.25) is 0 Å². The van der Waals surface area contributed by atoms with Gasteiger partial charge in [0, 0.05) is 26.3 Å². The van der Waals surface area contributed by atoms with E-state index >= 15 is 0 Å². The number of methoxy groups -OCH3 is 1. The van der Waals surface area contributed by atoms with Gasteiger partial charge in [-0.05, 0) is 6.07 Å². The van der Waals surface area contributed by atoms with Crippen LogP contribution in [0.4, 0.5) is 5.69 Å². The maximum absolute atomic E-state index is 10.8. The molecule has 6 heteroatoms. The minimum absolute atomic E-state index is 0.0816. The Labute approximate surface area is 111 Å². The highest BCUT2D eigenvalue weighted by molar-refractivity contribution is 5.60. The highest BCUT2D eigenvalue weighted by atomic mass is 16.6. The molecule has 0 aromatic heterocycles. The summed E-state index contributed by atoms with van der Waals surface area (Å²) in [6.45, 7) is 1.21. The number of nitrogens with one attached hydrogen (secondary N) is 1. The molecule has 0 aliphatic carbocycles. The summed E-state index contributed by atoms with van der Waals surface area (Å²) < 4.78 is 4.79. The molecule has 1 aromatic rings. The van der Waals surface area contributed by atoms with Crippen molar-refractivity contribution in [3.63, 3.8) is 0 Å². The molecular weight excluding hydrogens is 248 g/mol. The van der Waals surface area contributed by atoms with E-state index < -0.39 is 11.0 Å². The molecule has 0 radical (unpaired) electrons. The average molecular weight is 266 g/mol. The zero-order valence-corrected chi connectivity index (χ0v) is 10.8. The van der Waals surface area contributed by atoms with Crippen molar-refractivity contribution in [1.29, 1.82) is 0 Å². The molecule has 0 fully saturated rings. The Morgan fingerprint density at radius 1 is 1.53 bits per heavy atom. The monoisotopic (exact) mass is 266 g/mol. The zero-order chi connectivity index (χ0) is 14.1. The Kier molecular flexibility index (Phi) is 6.73. The second-order valence-electron chi connectivity index (χ2n) is 3.99. The van der Waals surface area contributed by atoms with Gasteiger partial charge in [0.25, 0.3) is 5.69 Å². The number of aliphatic hydroxyl groups is 1. The first-order valence-electron chi connectivity index (χ1n) is 5.93. The quantitative estimate of drug-likeness (QED) is 0.419. The number of nitro benzene ring substituents is 1. The minimum Gasteiger partial charge on any atom is -0.389 e. The maximum Gasteiger partial charge on any atom is 0.276 e. The van der Waals surface area contributed by atoms with E-state index in [0.29, 0.717) is 18.7 Å². The van der Waals surface area contributed by atoms with Crippen LogP contribution in [0, 0.1) is 10.1 Å². The molecule has 0 saturated heterocycles. The lowest BCUT2D eigenvalue weighted by Crippen LogP contribution is -2.30. The molecular formula is C13H18N2O4. The third-order valence-electron chi connectivity index (χ3n) is 2.43. The van der Waals surface area contributed by atoms with Crippen LogP contribution >= 0.6 is 0 Å². The minimum atomic E-state index is -0.551. The molecule has 6 nitrogen and oxygen atoms in total. The van der Waals surface area contributed by atoms with Crippen molar-refractivity contribution >= 4 is 11.8 Å². The van der Waals surface area contributed by atoms with Crippen LogP contribution < -0.4 is 5.32 Å². The Morgan fingerprint density at radius 3 is 2.95 bits per heavy atom. The maximum atomic E-state index is 10.8. The number of para-hydroxylation sites is 1. The predicted molar refractivity (Wildman–Crippen MR) is 72.9 cm³/mol. The Hall–Kier alpha value is -1.76. The molecule has 2 N–H and O–H groups in total. The molecule has 0 spiro atoms. The molecule has 1 aromatic carbocycles. The lowest BCUT2D eigenvalue weighted by atomic mass is 10.1. The first-order valence-corrected chi connectivity index (χ1v) is 5.93. The van der Waals surface area contributed by atoms with Gasteiger partial charge in [-0.25, -0.2) is 0 Å². The van der Waals surface area contributed by atoms with Gasteiger partial charge < -0.3 is 15.2 Å². The van der Waals surface area contributed by atoms with Crippen LogP contribution in [0.5, 0.6) is 0 Å². The fraction of sp³-hybridized carbons (Fsp3) is 0.385. The molecule has 0 amide bonds. The number of benzene rings is 1. The highest BCUT2D eigenvalue weighted by Gasteiger charge is 2.08. The van der Waals surface area contributed by atoms with Crippen LogP contribution in [0.25, 0.3) is 6.08 Å². The van der Waals surface area contributed by atoms with E-state index in [0.717, 1.165) is 0 Å². The van der Waals surface area contributed by atoms with Crippen LogP contribution in [0.15, 0.2) is 30.3 Å². The molecule has 0 aliphatic heterocycles. The van der Waals surface area contributed by atoms with Gasteiger partial charge in [0.1, 0.15) is 0 Å². The van der Waals surface area contributed by atoms with Gasteiger partial charge in [-0.15, -0.1) is 0 Å². The third kappa shape index (κ3) is 5.60. The zero-order valence-electron chi connectivity index (χ0n) is 10.8. The van der Waals surface area contributed by atoms with E-state index in [9.17, 15) is 15.2 Å². The lowest BCUT2D eigenvalue weighted by Gasteiger charge is -2.08. The molecule has 104 valence electrons. The van der Waals surface area contributed by atoms with Gasteiger partial charge in [0.05, 0.1) is 23.2 Å². The van der Waals surface area contributed by atoms with Gasteiger partial charge in [-0.2, -0.15) is 0 Å². The number of rotatable bonds is 8. The molecule has 19 heavy (non-hydrogen) atoms. The first-order chi connectivity index (χ1) is 9.15. The number of nitrogens with zero attached hydrogens (tertiary/aromatic N) is 1. The molecule has 1 rings (SSSR count). The van der Waals surface area contributed by atoms with Crippen molar-refractivity contribution in [3.8, 4) is 0 Å². The summed E-state index contributed by atoms with van der Waals surface area (Å²) in [6, 6.07) is 6.54. The molecule has 0 aliphatic rings. The molecule has 1 unspecified atom stereocenters. The van der Waals surface area contributed by atoms with Crippen molar-refractivity contribution in [2.45, 2.75) is 6.10 Å². The van der Waals surface area contributed by atoms with Crippen LogP contribution in [0.1, 0.15) is 5.56 Å². The summed E-state index contributed by atoms with van der Waals surface area (Å²) in [4.78, 5) is 10.4. The number of aliphatic hydroxyl groups excluding tert-OH is 1. The van der Waals surface area contributed by atoms with E-state index in [1.54, 1.807) is 30.4 Å². The Bertz CT molecular complexity index is 434. The summed E-state index contributed by atoms with van der Waals surface area (Å²) in [7, 11) is 1.53. The van der Waals surface area contributed by atoms with Gasteiger partial charge in [0.15, 0.2) is 0 Å². The normalized spacial score (nSPS) is 12.7. The second kappa shape index (κ2) is 8.36. The van der Waals surface area contributed by atoms with Crippen LogP contribution in [0.2, 0.25) is 0 Å². The lowest BCUT2D eigenvalue weighted by molar-refractivity contribution is -0.385.